The first-order valence-electron chi connectivity index (χ1n) is 7.71. The lowest BCUT2D eigenvalue weighted by molar-refractivity contribution is -0.150. The molecule has 0 aliphatic carbocycles. The van der Waals surface area contributed by atoms with Crippen molar-refractivity contribution in [1.29, 1.82) is 0 Å². The van der Waals surface area contributed by atoms with Crippen molar-refractivity contribution in [2.75, 3.05) is 26.2 Å². The van der Waals surface area contributed by atoms with Gasteiger partial charge in [-0.3, -0.25) is 19.3 Å². The Bertz CT molecular complexity index is 851. The lowest BCUT2D eigenvalue weighted by Crippen LogP contribution is -2.35. The Hall–Kier alpha value is -2.94. The molecule has 0 saturated carbocycles. The molecule has 0 atom stereocenters. The summed E-state index contributed by atoms with van der Waals surface area (Å²) in [6, 6.07) is 6.30. The summed E-state index contributed by atoms with van der Waals surface area (Å²) in [6.45, 7) is 6.88. The second-order valence-corrected chi connectivity index (χ2v) is 6.95. The monoisotopic (exact) mass is 377 g/mol. The molecule has 9 heteroatoms. The molecule has 0 bridgehead atoms. The van der Waals surface area contributed by atoms with Gasteiger partial charge in [-0.1, -0.05) is 24.3 Å². The molecule has 8 nitrogen and oxygen atoms in total. The van der Waals surface area contributed by atoms with E-state index in [-0.39, 0.29) is 10.7 Å². The average molecular weight is 377 g/mol. The highest BCUT2D eigenvalue weighted by Crippen LogP contribution is 2.21. The predicted octanol–water partition coefficient (Wildman–Crippen LogP) is 0.469. The van der Waals surface area contributed by atoms with Crippen LogP contribution in [0.3, 0.4) is 0 Å². The highest BCUT2D eigenvalue weighted by molar-refractivity contribution is 7.90. The van der Waals surface area contributed by atoms with E-state index in [2.05, 4.69) is 22.9 Å². The van der Waals surface area contributed by atoms with Crippen LogP contribution in [-0.2, 0) is 24.3 Å². The Kier molecular flexibility index (Phi) is 6.29. The summed E-state index contributed by atoms with van der Waals surface area (Å²) in [7, 11) is -3.66. The smallest absolute Gasteiger partial charge is 0.328 e. The molecule has 0 aromatic heterocycles. The molecular weight excluding hydrogens is 358 g/mol. The number of amides is 1. The lowest BCUT2D eigenvalue weighted by atomic mass is 10.2. The van der Waals surface area contributed by atoms with Crippen molar-refractivity contribution in [3.63, 3.8) is 0 Å². The quantitative estimate of drug-likeness (QED) is 0.524. The fourth-order valence-corrected chi connectivity index (χ4v) is 3.51. The summed E-state index contributed by atoms with van der Waals surface area (Å²) in [4.78, 5) is 29.2. The predicted molar refractivity (Wildman–Crippen MR) is 96.1 cm³/mol. The molecule has 2 rings (SSSR count). The van der Waals surface area contributed by atoms with Gasteiger partial charge in [0.15, 0.2) is 6.61 Å². The number of hydrogen-bond donors (Lipinski definition) is 1. The molecule has 0 unspecified atom stereocenters. The number of hydrogen-bond acceptors (Lipinski definition) is 6. The van der Waals surface area contributed by atoms with E-state index >= 15 is 0 Å². The fourth-order valence-electron chi connectivity index (χ4n) is 2.26. The van der Waals surface area contributed by atoms with Gasteiger partial charge < -0.3 is 9.64 Å². The normalized spacial score (nSPS) is 15.6. The average Bonchev–Trinajstić information content (AvgIpc) is 2.88. The van der Waals surface area contributed by atoms with Crippen molar-refractivity contribution in [1.82, 2.24) is 9.62 Å². The van der Waals surface area contributed by atoms with E-state index in [9.17, 15) is 18.0 Å². The molecule has 1 aromatic rings. The van der Waals surface area contributed by atoms with Crippen molar-refractivity contribution in [3.05, 3.63) is 55.1 Å². The van der Waals surface area contributed by atoms with Crippen LogP contribution in [0.4, 0.5) is 0 Å². The number of amidine groups is 1. The number of benzene rings is 1. The first-order valence-corrected chi connectivity index (χ1v) is 9.19. The SMILES string of the molecule is C=CCN(CC=C)C(=O)COC(=O)CN=C1NS(=O)(=O)c2ccccc21. The van der Waals surface area contributed by atoms with Gasteiger partial charge in [0.1, 0.15) is 12.4 Å². The maximum atomic E-state index is 12.0. The zero-order valence-corrected chi connectivity index (χ0v) is 14.9. The molecule has 138 valence electrons. The van der Waals surface area contributed by atoms with Crippen LogP contribution in [0, 0.1) is 0 Å². The molecule has 1 aliphatic rings. The number of fused-ring (bicyclic) bond motifs is 1. The Morgan fingerprint density at radius 3 is 2.50 bits per heavy atom. The standard InChI is InChI=1S/C17H19N3O5S/c1-3-9-20(10-4-2)15(21)12-25-16(22)11-18-17-13-7-5-6-8-14(13)26(23,24)19-17/h3-8H,1-2,9-12H2,(H,18,19). The molecule has 1 aliphatic heterocycles. The summed E-state index contributed by atoms with van der Waals surface area (Å²) in [5.74, 6) is -1.06. The van der Waals surface area contributed by atoms with E-state index in [1.54, 1.807) is 30.4 Å². The zero-order chi connectivity index (χ0) is 19.2. The van der Waals surface area contributed by atoms with E-state index in [1.807, 2.05) is 0 Å². The van der Waals surface area contributed by atoms with E-state index in [1.165, 1.54) is 11.0 Å². The molecule has 1 aromatic carbocycles. The molecule has 26 heavy (non-hydrogen) atoms. The van der Waals surface area contributed by atoms with E-state index < -0.39 is 35.1 Å². The summed E-state index contributed by atoms with van der Waals surface area (Å²) in [5, 5.41) is 0. The molecule has 1 heterocycles. The van der Waals surface area contributed by atoms with Crippen LogP contribution in [0.5, 0.6) is 0 Å². The van der Waals surface area contributed by atoms with Crippen LogP contribution in [-0.4, -0.2) is 57.3 Å². The Labute approximate surface area is 151 Å². The van der Waals surface area contributed by atoms with Crippen molar-refractivity contribution in [2.24, 2.45) is 4.99 Å². The van der Waals surface area contributed by atoms with Crippen LogP contribution in [0.15, 0.2) is 59.5 Å². The minimum Gasteiger partial charge on any atom is -0.454 e. The summed E-state index contributed by atoms with van der Waals surface area (Å²) < 4.78 is 31.1. The molecule has 0 saturated heterocycles. The number of ether oxygens (including phenoxy) is 1. The minimum atomic E-state index is -3.66. The number of esters is 1. The van der Waals surface area contributed by atoms with E-state index in [0.29, 0.717) is 18.7 Å². The number of carbonyl (C=O) groups is 2. The van der Waals surface area contributed by atoms with Gasteiger partial charge in [-0.05, 0) is 12.1 Å². The highest BCUT2D eigenvalue weighted by atomic mass is 32.2. The molecule has 1 amide bonds. The second-order valence-electron chi connectivity index (χ2n) is 5.30. The Morgan fingerprint density at radius 1 is 1.19 bits per heavy atom. The van der Waals surface area contributed by atoms with Gasteiger partial charge in [0.25, 0.3) is 15.9 Å². The van der Waals surface area contributed by atoms with Gasteiger partial charge in [0, 0.05) is 18.7 Å². The third kappa shape index (κ3) is 4.57. The number of nitrogens with one attached hydrogen (secondary N) is 1. The van der Waals surface area contributed by atoms with Crippen molar-refractivity contribution in [2.45, 2.75) is 4.90 Å². The summed E-state index contributed by atoms with van der Waals surface area (Å²) in [6.07, 6.45) is 3.11. The van der Waals surface area contributed by atoms with Crippen LogP contribution < -0.4 is 4.72 Å². The number of sulfonamides is 1. The molecule has 0 spiro atoms. The third-order valence-electron chi connectivity index (χ3n) is 3.44. The van der Waals surface area contributed by atoms with E-state index in [0.717, 1.165) is 0 Å². The van der Waals surface area contributed by atoms with Gasteiger partial charge in [0.2, 0.25) is 0 Å². The zero-order valence-electron chi connectivity index (χ0n) is 14.1. The number of nitrogens with zero attached hydrogens (tertiary/aromatic N) is 2. The van der Waals surface area contributed by atoms with Crippen LogP contribution in [0.2, 0.25) is 0 Å². The van der Waals surface area contributed by atoms with Crippen molar-refractivity contribution in [3.8, 4) is 0 Å². The van der Waals surface area contributed by atoms with Gasteiger partial charge in [0.05, 0.1) is 4.90 Å². The molecule has 0 radical (unpaired) electrons. The molecule has 0 fully saturated rings. The summed E-state index contributed by atoms with van der Waals surface area (Å²) >= 11 is 0. The van der Waals surface area contributed by atoms with Crippen LogP contribution in [0.1, 0.15) is 5.56 Å². The first-order chi connectivity index (χ1) is 12.4. The maximum absolute atomic E-state index is 12.0. The van der Waals surface area contributed by atoms with E-state index in [4.69, 9.17) is 4.74 Å². The largest absolute Gasteiger partial charge is 0.454 e. The van der Waals surface area contributed by atoms with Crippen molar-refractivity contribution >= 4 is 27.7 Å². The van der Waals surface area contributed by atoms with Crippen LogP contribution >= 0.6 is 0 Å². The highest BCUT2D eigenvalue weighted by Gasteiger charge is 2.30. The molecule has 1 N–H and O–H groups in total. The van der Waals surface area contributed by atoms with Gasteiger partial charge in [-0.2, -0.15) is 0 Å². The number of carbonyl (C=O) groups excluding carboxylic acids is 2. The third-order valence-corrected chi connectivity index (χ3v) is 4.83. The Morgan fingerprint density at radius 2 is 1.85 bits per heavy atom. The Balaban J connectivity index is 1.95. The maximum Gasteiger partial charge on any atom is 0.328 e. The lowest BCUT2D eigenvalue weighted by Gasteiger charge is -2.18. The number of aliphatic imine (C=N–C) groups is 1. The van der Waals surface area contributed by atoms with Gasteiger partial charge in [-0.25, -0.2) is 8.42 Å². The van der Waals surface area contributed by atoms with Gasteiger partial charge in [-0.15, -0.1) is 13.2 Å². The second kappa shape index (κ2) is 8.43. The first kappa shape index (κ1) is 19.4. The molecular formula is C17H19N3O5S. The van der Waals surface area contributed by atoms with Crippen molar-refractivity contribution < 1.29 is 22.7 Å². The summed E-state index contributed by atoms with van der Waals surface area (Å²) in [5.41, 5.74) is 0.388. The number of rotatable bonds is 8. The van der Waals surface area contributed by atoms with Gasteiger partial charge >= 0.3 is 5.97 Å². The minimum absolute atomic E-state index is 0.0730. The topological polar surface area (TPSA) is 105 Å². The van der Waals surface area contributed by atoms with Crippen LogP contribution in [0.25, 0.3) is 0 Å². The fraction of sp³-hybridized carbons (Fsp3) is 0.235.